The molecular weight excluding hydrogens is 637 g/mol. The molecule has 0 atom stereocenters. The Morgan fingerprint density at radius 2 is 1.06 bits per heavy atom. The van der Waals surface area contributed by atoms with Crippen LogP contribution in [0.5, 0.6) is 5.75 Å². The number of alkyl halides is 3. The van der Waals surface area contributed by atoms with Crippen LogP contribution in [-0.2, 0) is 10.1 Å². The van der Waals surface area contributed by atoms with E-state index in [2.05, 4.69) is 0 Å². The summed E-state index contributed by atoms with van der Waals surface area (Å²) in [7, 11) is -6.06. The van der Waals surface area contributed by atoms with Gasteiger partial charge in [0, 0.05) is 34.2 Å². The minimum Gasteiger partial charge on any atom is -0.452 e. The zero-order valence-electron chi connectivity index (χ0n) is 25.4. The molecule has 48 heavy (non-hydrogen) atoms. The smallest absolute Gasteiger partial charge is 0.452 e. The number of nitrogens with zero attached hydrogens (tertiary/aromatic N) is 2. The van der Waals surface area contributed by atoms with E-state index in [9.17, 15) is 21.6 Å². The summed E-state index contributed by atoms with van der Waals surface area (Å²) in [6.07, 6.45) is 0. The van der Waals surface area contributed by atoms with Crippen molar-refractivity contribution in [3.63, 3.8) is 0 Å². The molecule has 0 radical (unpaired) electrons. The van der Waals surface area contributed by atoms with Gasteiger partial charge < -0.3 is 18.4 Å². The third kappa shape index (κ3) is 5.71. The van der Waals surface area contributed by atoms with Crippen LogP contribution in [-0.4, -0.2) is 13.9 Å². The zero-order chi connectivity index (χ0) is 33.5. The van der Waals surface area contributed by atoms with Crippen molar-refractivity contribution in [2.24, 2.45) is 0 Å². The van der Waals surface area contributed by atoms with E-state index in [0.717, 1.165) is 16.9 Å². The molecule has 0 amide bonds. The van der Waals surface area contributed by atoms with E-state index in [1.54, 1.807) is 12.1 Å². The maximum atomic E-state index is 13.8. The highest BCUT2D eigenvalue weighted by Gasteiger charge is 2.49. The molecule has 1 aromatic heterocycles. The molecule has 7 aromatic rings. The number of rotatable bonds is 8. The van der Waals surface area contributed by atoms with Crippen LogP contribution in [0.4, 0.5) is 47.3 Å². The quantitative estimate of drug-likeness (QED) is 0.119. The molecule has 0 saturated carbocycles. The van der Waals surface area contributed by atoms with E-state index in [0.29, 0.717) is 39.1 Å². The Hall–Kier alpha value is -5.74. The van der Waals surface area contributed by atoms with Gasteiger partial charge in [-0.25, -0.2) is 0 Å². The summed E-state index contributed by atoms with van der Waals surface area (Å²) in [6.45, 7) is 1.88. The average molecular weight is 665 g/mol. The predicted molar refractivity (Wildman–Crippen MR) is 183 cm³/mol. The second-order valence-electron chi connectivity index (χ2n) is 11.1. The van der Waals surface area contributed by atoms with Gasteiger partial charge in [0.2, 0.25) is 0 Å². The third-order valence-electron chi connectivity index (χ3n) is 7.79. The molecule has 0 fully saturated rings. The summed E-state index contributed by atoms with van der Waals surface area (Å²) >= 11 is 0. The molecule has 0 saturated heterocycles. The molecule has 0 aliphatic heterocycles. The topological polar surface area (TPSA) is 63.0 Å². The fraction of sp³-hybridized carbons (Fsp3) is 0.0526. The Bertz CT molecular complexity index is 2250. The van der Waals surface area contributed by atoms with Crippen LogP contribution in [0.1, 0.15) is 5.56 Å². The molecule has 240 valence electrons. The van der Waals surface area contributed by atoms with Crippen LogP contribution in [0, 0.1) is 6.92 Å². The molecule has 0 unspecified atom stereocenters. The second-order valence-corrected chi connectivity index (χ2v) is 12.6. The number of fused-ring (bicyclic) bond motifs is 3. The molecule has 6 nitrogen and oxygen atoms in total. The summed E-state index contributed by atoms with van der Waals surface area (Å²) in [4.78, 5) is 3.83. The van der Waals surface area contributed by atoms with Gasteiger partial charge in [0.15, 0.2) is 11.3 Å². The number of hydrogen-bond acceptors (Lipinski definition) is 6. The minimum atomic E-state index is -6.06. The van der Waals surface area contributed by atoms with Gasteiger partial charge in [-0.1, -0.05) is 72.8 Å². The van der Waals surface area contributed by atoms with Gasteiger partial charge in [-0.05, 0) is 79.2 Å². The van der Waals surface area contributed by atoms with Crippen LogP contribution in [0.3, 0.4) is 0 Å². The highest BCUT2D eigenvalue weighted by atomic mass is 32.2. The van der Waals surface area contributed by atoms with Gasteiger partial charge in [0.1, 0.15) is 5.58 Å². The van der Waals surface area contributed by atoms with Gasteiger partial charge in [-0.2, -0.15) is 21.6 Å². The van der Waals surface area contributed by atoms with Crippen LogP contribution in [0.25, 0.3) is 21.9 Å². The molecular formula is C38H27F3N2O4S. The largest absolute Gasteiger partial charge is 0.534 e. The molecule has 0 bridgehead atoms. The number of anilines is 6. The van der Waals surface area contributed by atoms with Crippen molar-refractivity contribution in [3.8, 4) is 5.75 Å². The van der Waals surface area contributed by atoms with Gasteiger partial charge in [-0.15, -0.1) is 0 Å². The number of aryl methyl sites for hydroxylation is 1. The standard InChI is InChI=1S/C38H27F3N2O4S/c1-26-22-33(43(29-18-10-4-11-19-29)30-20-12-5-13-21-30)36-32-24-31(42(27-14-6-2-7-15-27)28-16-8-3-9-17-28)25-35(37(32)46-34(36)23-26)47-48(44,45)38(39,40)41/h2-25H,1H3. The van der Waals surface area contributed by atoms with Crippen molar-refractivity contribution in [2.45, 2.75) is 12.4 Å². The second kappa shape index (κ2) is 12.1. The van der Waals surface area contributed by atoms with Crippen LogP contribution < -0.4 is 14.0 Å². The van der Waals surface area contributed by atoms with Gasteiger partial charge in [-0.3, -0.25) is 0 Å². The fourth-order valence-electron chi connectivity index (χ4n) is 5.79. The molecule has 7 rings (SSSR count). The molecule has 10 heteroatoms. The summed E-state index contributed by atoms with van der Waals surface area (Å²) < 4.78 is 77.3. The minimum absolute atomic E-state index is 0.143. The molecule has 1 heterocycles. The Kier molecular flexibility index (Phi) is 7.80. The first kappa shape index (κ1) is 30.9. The van der Waals surface area contributed by atoms with Gasteiger partial charge in [0.25, 0.3) is 0 Å². The molecule has 0 N–H and O–H groups in total. The van der Waals surface area contributed by atoms with E-state index >= 15 is 0 Å². The van der Waals surface area contributed by atoms with E-state index in [1.807, 2.05) is 144 Å². The van der Waals surface area contributed by atoms with Crippen LogP contribution in [0.2, 0.25) is 0 Å². The SMILES string of the molecule is Cc1cc(N(c2ccccc2)c2ccccc2)c2c(c1)oc1c(OS(=O)(=O)C(F)(F)F)cc(N(c3ccccc3)c3ccccc3)cc12. The van der Waals surface area contributed by atoms with Crippen LogP contribution >= 0.6 is 0 Å². The summed E-state index contributed by atoms with van der Waals surface area (Å²) in [5, 5.41) is 0.916. The maximum Gasteiger partial charge on any atom is 0.534 e. The monoisotopic (exact) mass is 664 g/mol. The zero-order valence-corrected chi connectivity index (χ0v) is 26.2. The number of halogens is 3. The van der Waals surface area contributed by atoms with E-state index in [-0.39, 0.29) is 5.58 Å². The number of benzene rings is 6. The van der Waals surface area contributed by atoms with Gasteiger partial charge in [0.05, 0.1) is 16.8 Å². The third-order valence-corrected chi connectivity index (χ3v) is 8.75. The Morgan fingerprint density at radius 1 is 0.604 bits per heavy atom. The van der Waals surface area contributed by atoms with E-state index in [4.69, 9.17) is 8.60 Å². The van der Waals surface area contributed by atoms with Crippen molar-refractivity contribution in [1.29, 1.82) is 0 Å². The fourth-order valence-corrected chi connectivity index (χ4v) is 6.24. The highest BCUT2D eigenvalue weighted by molar-refractivity contribution is 7.88. The first-order chi connectivity index (χ1) is 23.1. The van der Waals surface area contributed by atoms with E-state index in [1.165, 1.54) is 6.07 Å². The normalized spacial score (nSPS) is 11.9. The number of furan rings is 1. The average Bonchev–Trinajstić information content (AvgIpc) is 3.45. The van der Waals surface area contributed by atoms with Crippen molar-refractivity contribution in [1.82, 2.24) is 0 Å². The van der Waals surface area contributed by atoms with Crippen molar-refractivity contribution in [3.05, 3.63) is 151 Å². The Morgan fingerprint density at radius 3 is 1.52 bits per heavy atom. The highest BCUT2D eigenvalue weighted by Crippen LogP contribution is 2.48. The Balaban J connectivity index is 1.58. The summed E-state index contributed by atoms with van der Waals surface area (Å²) in [6, 6.07) is 44.4. The summed E-state index contributed by atoms with van der Waals surface area (Å²) in [5.74, 6) is -0.595. The van der Waals surface area contributed by atoms with Crippen molar-refractivity contribution >= 4 is 66.2 Å². The molecule has 0 aliphatic rings. The van der Waals surface area contributed by atoms with E-state index < -0.39 is 21.4 Å². The Labute approximate surface area is 275 Å². The lowest BCUT2D eigenvalue weighted by Crippen LogP contribution is -2.28. The lowest BCUT2D eigenvalue weighted by molar-refractivity contribution is -0.0499. The van der Waals surface area contributed by atoms with Crippen molar-refractivity contribution in [2.75, 3.05) is 9.80 Å². The number of para-hydroxylation sites is 4. The molecule has 0 aliphatic carbocycles. The first-order valence-electron chi connectivity index (χ1n) is 14.9. The lowest BCUT2D eigenvalue weighted by atomic mass is 10.0. The summed E-state index contributed by atoms with van der Waals surface area (Å²) in [5.41, 5.74) is -0.599. The first-order valence-corrected chi connectivity index (χ1v) is 16.3. The van der Waals surface area contributed by atoms with Gasteiger partial charge >= 0.3 is 15.6 Å². The number of hydrogen-bond donors (Lipinski definition) is 0. The molecule has 0 spiro atoms. The lowest BCUT2D eigenvalue weighted by Gasteiger charge is -2.27. The maximum absolute atomic E-state index is 13.8. The van der Waals surface area contributed by atoms with Crippen molar-refractivity contribution < 1.29 is 30.2 Å². The predicted octanol–water partition coefficient (Wildman–Crippen LogP) is 11.1. The van der Waals surface area contributed by atoms with Crippen LogP contribution in [0.15, 0.2) is 150 Å². The molecule has 6 aromatic carbocycles.